The van der Waals surface area contributed by atoms with Crippen molar-refractivity contribution in [2.24, 2.45) is 0 Å². The summed E-state index contributed by atoms with van der Waals surface area (Å²) in [6.45, 7) is 8.71. The molecule has 32 heavy (non-hydrogen) atoms. The molecule has 0 atom stereocenters. The number of hydrogen-bond acceptors (Lipinski definition) is 0. The van der Waals surface area contributed by atoms with Crippen LogP contribution in [0.1, 0.15) is 22.3 Å². The van der Waals surface area contributed by atoms with Gasteiger partial charge in [-0.2, -0.15) is 0 Å². The summed E-state index contributed by atoms with van der Waals surface area (Å²) in [4.78, 5) is 0. The van der Waals surface area contributed by atoms with E-state index in [4.69, 9.17) is 0 Å². The molecule has 0 bridgehead atoms. The van der Waals surface area contributed by atoms with Crippen LogP contribution in [0.15, 0.2) is 97.1 Å². The van der Waals surface area contributed by atoms with Crippen LogP contribution in [0.3, 0.4) is 0 Å². The normalized spacial score (nSPS) is 11.1. The molecule has 0 unspecified atom stereocenters. The third-order valence-corrected chi connectivity index (χ3v) is 6.82. The van der Waals surface area contributed by atoms with Crippen LogP contribution in [-0.2, 0) is 0 Å². The molecular formula is C32H28. The minimum atomic E-state index is 1.32. The first-order chi connectivity index (χ1) is 15.5. The summed E-state index contributed by atoms with van der Waals surface area (Å²) < 4.78 is 0. The highest BCUT2D eigenvalue weighted by atomic mass is 14.1. The first-order valence-corrected chi connectivity index (χ1v) is 11.3. The molecule has 0 aliphatic heterocycles. The molecule has 6 rings (SSSR count). The van der Waals surface area contributed by atoms with Gasteiger partial charge in [0.15, 0.2) is 0 Å². The number of aryl methyl sites for hydroxylation is 4. The molecular weight excluding hydrogens is 384 g/mol. The largest absolute Gasteiger partial charge is 0.0616 e. The standard InChI is InChI=1S/2C16H14/c1-11-5-3-7-15-13(11)9-10-14-12(2)6-4-8-16(14)15;1-11-7-9-16-14(12(11)2)10-8-13-5-3-4-6-15(13)16/h2*3-10H,1-2H3. The Morgan fingerprint density at radius 3 is 1.47 bits per heavy atom. The van der Waals surface area contributed by atoms with E-state index in [0.29, 0.717) is 0 Å². The molecule has 0 aliphatic carbocycles. The summed E-state index contributed by atoms with van der Waals surface area (Å²) in [5.41, 5.74) is 5.45. The quantitative estimate of drug-likeness (QED) is 0.218. The van der Waals surface area contributed by atoms with E-state index in [9.17, 15) is 0 Å². The molecule has 0 aliphatic rings. The molecule has 0 aromatic heterocycles. The number of hydrogen-bond donors (Lipinski definition) is 0. The third kappa shape index (κ3) is 3.42. The molecule has 0 spiro atoms. The highest BCUT2D eigenvalue weighted by molar-refractivity contribution is 6.09. The van der Waals surface area contributed by atoms with E-state index in [1.165, 1.54) is 65.3 Å². The summed E-state index contributed by atoms with van der Waals surface area (Å²) in [6.07, 6.45) is 0. The molecule has 0 N–H and O–H groups in total. The summed E-state index contributed by atoms with van der Waals surface area (Å²) in [7, 11) is 0. The van der Waals surface area contributed by atoms with Gasteiger partial charge in [0.2, 0.25) is 0 Å². The van der Waals surface area contributed by atoms with Gasteiger partial charge in [0.25, 0.3) is 0 Å². The van der Waals surface area contributed by atoms with Crippen molar-refractivity contribution in [1.82, 2.24) is 0 Å². The van der Waals surface area contributed by atoms with Gasteiger partial charge in [-0.1, -0.05) is 97.1 Å². The zero-order valence-corrected chi connectivity index (χ0v) is 19.2. The molecule has 0 amide bonds. The highest BCUT2D eigenvalue weighted by Gasteiger charge is 2.04. The topological polar surface area (TPSA) is 0 Å². The maximum Gasteiger partial charge on any atom is -0.0103 e. The summed E-state index contributed by atoms with van der Waals surface area (Å²) in [6, 6.07) is 35.0. The lowest BCUT2D eigenvalue weighted by Gasteiger charge is -2.08. The van der Waals surface area contributed by atoms with Crippen LogP contribution in [0.4, 0.5) is 0 Å². The van der Waals surface area contributed by atoms with Crippen molar-refractivity contribution >= 4 is 43.1 Å². The maximum atomic E-state index is 2.24. The van der Waals surface area contributed by atoms with Gasteiger partial charge in [-0.3, -0.25) is 0 Å². The van der Waals surface area contributed by atoms with Crippen molar-refractivity contribution < 1.29 is 0 Å². The second kappa shape index (κ2) is 8.13. The van der Waals surface area contributed by atoms with Crippen LogP contribution in [0.2, 0.25) is 0 Å². The van der Waals surface area contributed by atoms with E-state index in [-0.39, 0.29) is 0 Å². The van der Waals surface area contributed by atoms with E-state index in [1.54, 1.807) is 0 Å². The Morgan fingerprint density at radius 1 is 0.312 bits per heavy atom. The Morgan fingerprint density at radius 2 is 0.812 bits per heavy atom. The van der Waals surface area contributed by atoms with Crippen LogP contribution in [0.25, 0.3) is 43.1 Å². The third-order valence-electron chi connectivity index (χ3n) is 6.82. The Kier molecular flexibility index (Phi) is 5.15. The molecule has 0 fully saturated rings. The Balaban J connectivity index is 0.000000135. The lowest BCUT2D eigenvalue weighted by Crippen LogP contribution is -1.84. The minimum Gasteiger partial charge on any atom is -0.0616 e. The van der Waals surface area contributed by atoms with Gasteiger partial charge in [0.1, 0.15) is 0 Å². The van der Waals surface area contributed by atoms with Gasteiger partial charge in [-0.15, -0.1) is 0 Å². The van der Waals surface area contributed by atoms with E-state index in [0.717, 1.165) is 0 Å². The average Bonchev–Trinajstić information content (AvgIpc) is 2.82. The fourth-order valence-corrected chi connectivity index (χ4v) is 4.79. The smallest absolute Gasteiger partial charge is 0.0103 e. The number of benzene rings is 6. The van der Waals surface area contributed by atoms with Crippen molar-refractivity contribution in [3.8, 4) is 0 Å². The number of fused-ring (bicyclic) bond motifs is 6. The highest BCUT2D eigenvalue weighted by Crippen LogP contribution is 2.30. The summed E-state index contributed by atoms with van der Waals surface area (Å²) >= 11 is 0. The van der Waals surface area contributed by atoms with Crippen molar-refractivity contribution in [2.75, 3.05) is 0 Å². The first-order valence-electron chi connectivity index (χ1n) is 11.3. The van der Waals surface area contributed by atoms with Crippen molar-refractivity contribution in [3.05, 3.63) is 119 Å². The molecule has 0 heterocycles. The fourth-order valence-electron chi connectivity index (χ4n) is 4.79. The van der Waals surface area contributed by atoms with Crippen LogP contribution < -0.4 is 0 Å². The van der Waals surface area contributed by atoms with Crippen LogP contribution >= 0.6 is 0 Å². The van der Waals surface area contributed by atoms with E-state index in [1.807, 2.05) is 0 Å². The molecule has 0 saturated heterocycles. The molecule has 0 heteroatoms. The molecule has 0 nitrogen and oxygen atoms in total. The average molecular weight is 413 g/mol. The minimum absolute atomic E-state index is 1.32. The second-order valence-corrected chi connectivity index (χ2v) is 8.79. The van der Waals surface area contributed by atoms with Gasteiger partial charge in [0, 0.05) is 0 Å². The van der Waals surface area contributed by atoms with Gasteiger partial charge in [-0.25, -0.2) is 0 Å². The number of rotatable bonds is 0. The zero-order chi connectivity index (χ0) is 22.2. The predicted molar refractivity (Wildman–Crippen MR) is 142 cm³/mol. The van der Waals surface area contributed by atoms with Gasteiger partial charge >= 0.3 is 0 Å². The summed E-state index contributed by atoms with van der Waals surface area (Å²) in [5.74, 6) is 0. The Hall–Kier alpha value is -3.64. The van der Waals surface area contributed by atoms with E-state index >= 15 is 0 Å². The van der Waals surface area contributed by atoms with E-state index in [2.05, 4.69) is 125 Å². The van der Waals surface area contributed by atoms with Crippen molar-refractivity contribution in [1.29, 1.82) is 0 Å². The molecule has 6 aromatic carbocycles. The van der Waals surface area contributed by atoms with Crippen molar-refractivity contribution in [2.45, 2.75) is 27.7 Å². The van der Waals surface area contributed by atoms with Crippen LogP contribution in [-0.4, -0.2) is 0 Å². The monoisotopic (exact) mass is 412 g/mol. The lowest BCUT2D eigenvalue weighted by atomic mass is 9.96. The Labute approximate surface area is 190 Å². The van der Waals surface area contributed by atoms with Gasteiger partial charge in [-0.05, 0) is 93.0 Å². The lowest BCUT2D eigenvalue weighted by molar-refractivity contribution is 1.38. The Bertz CT molecular complexity index is 1540. The predicted octanol–water partition coefficient (Wildman–Crippen LogP) is 9.22. The van der Waals surface area contributed by atoms with Gasteiger partial charge < -0.3 is 0 Å². The molecule has 0 radical (unpaired) electrons. The molecule has 6 aromatic rings. The SMILES string of the molecule is Cc1ccc2c(ccc3ccccc32)c1C.Cc1cccc2c1ccc1c(C)cccc12. The first kappa shape index (κ1) is 20.3. The second-order valence-electron chi connectivity index (χ2n) is 8.79. The maximum absolute atomic E-state index is 2.24. The fraction of sp³-hybridized carbons (Fsp3) is 0.125. The van der Waals surface area contributed by atoms with E-state index < -0.39 is 0 Å². The van der Waals surface area contributed by atoms with Gasteiger partial charge in [0.05, 0.1) is 0 Å². The zero-order valence-electron chi connectivity index (χ0n) is 19.2. The molecule has 156 valence electrons. The van der Waals surface area contributed by atoms with Crippen molar-refractivity contribution in [3.63, 3.8) is 0 Å². The van der Waals surface area contributed by atoms with Crippen LogP contribution in [0.5, 0.6) is 0 Å². The van der Waals surface area contributed by atoms with Crippen LogP contribution in [0, 0.1) is 27.7 Å². The summed E-state index contributed by atoms with van der Waals surface area (Å²) in [5, 5.41) is 10.9. The molecule has 0 saturated carbocycles.